The van der Waals surface area contributed by atoms with E-state index in [1.54, 1.807) is 23.7 Å². The topological polar surface area (TPSA) is 88.1 Å². The Kier molecular flexibility index (Phi) is 5.37. The number of amides is 2. The van der Waals surface area contributed by atoms with Gasteiger partial charge in [-0.1, -0.05) is 0 Å². The number of carbonyl (C=O) groups is 2. The van der Waals surface area contributed by atoms with E-state index < -0.39 is 0 Å². The third-order valence-corrected chi connectivity index (χ3v) is 4.96. The molecule has 0 unspecified atom stereocenters. The molecule has 1 N–H and O–H groups in total. The monoisotopic (exact) mass is 359 g/mol. The van der Waals surface area contributed by atoms with E-state index in [9.17, 15) is 9.59 Å². The zero-order chi connectivity index (χ0) is 17.8. The highest BCUT2D eigenvalue weighted by molar-refractivity contribution is 7.09. The number of hydrogen-bond donors (Lipinski definition) is 1. The number of carbonyl (C=O) groups excluding carboxylic acids is 2. The summed E-state index contributed by atoms with van der Waals surface area (Å²) >= 11 is 1.56. The maximum Gasteiger partial charge on any atom is 0.229 e. The standard InChI is InChI=1S/C17H21N5O2S/c1-11(23)19-8-14-7-18-9-15(21-14)16-4-3-5-22(16)17(24)6-13-10-25-12(2)20-13/h7,9-10,16H,3-6,8H2,1-2H3,(H,19,23)/t16-/m0/s1. The normalized spacial score (nSPS) is 16.9. The Labute approximate surface area is 150 Å². The van der Waals surface area contributed by atoms with Gasteiger partial charge in [-0.25, -0.2) is 4.98 Å². The number of nitrogens with zero attached hydrogens (tertiary/aromatic N) is 4. The van der Waals surface area contributed by atoms with Crippen molar-refractivity contribution in [3.63, 3.8) is 0 Å². The van der Waals surface area contributed by atoms with Gasteiger partial charge in [0.2, 0.25) is 11.8 Å². The van der Waals surface area contributed by atoms with E-state index in [2.05, 4.69) is 20.3 Å². The lowest BCUT2D eigenvalue weighted by molar-refractivity contribution is -0.131. The summed E-state index contributed by atoms with van der Waals surface area (Å²) in [6.45, 7) is 4.47. The number of likely N-dealkylation sites (tertiary alicyclic amines) is 1. The Morgan fingerprint density at radius 3 is 2.88 bits per heavy atom. The van der Waals surface area contributed by atoms with Crippen molar-refractivity contribution in [2.24, 2.45) is 0 Å². The van der Waals surface area contributed by atoms with Crippen LogP contribution in [0.25, 0.3) is 0 Å². The molecule has 132 valence electrons. The summed E-state index contributed by atoms with van der Waals surface area (Å²) in [4.78, 5) is 38.8. The molecule has 3 heterocycles. The summed E-state index contributed by atoms with van der Waals surface area (Å²) < 4.78 is 0. The average molecular weight is 359 g/mol. The summed E-state index contributed by atoms with van der Waals surface area (Å²) in [6, 6.07) is -0.0583. The van der Waals surface area contributed by atoms with Crippen molar-refractivity contribution < 1.29 is 9.59 Å². The van der Waals surface area contributed by atoms with E-state index in [1.165, 1.54) is 6.92 Å². The first kappa shape index (κ1) is 17.5. The minimum Gasteiger partial charge on any atom is -0.351 e. The number of thiazole rings is 1. The Morgan fingerprint density at radius 1 is 1.32 bits per heavy atom. The molecule has 0 saturated carbocycles. The lowest BCUT2D eigenvalue weighted by Crippen LogP contribution is -2.32. The first-order chi connectivity index (χ1) is 12.0. The van der Waals surface area contributed by atoms with Gasteiger partial charge < -0.3 is 10.2 Å². The molecule has 25 heavy (non-hydrogen) atoms. The molecule has 0 radical (unpaired) electrons. The van der Waals surface area contributed by atoms with E-state index in [0.29, 0.717) is 18.7 Å². The Bertz CT molecular complexity index is 776. The van der Waals surface area contributed by atoms with Crippen molar-refractivity contribution in [3.8, 4) is 0 Å². The van der Waals surface area contributed by atoms with E-state index in [1.807, 2.05) is 17.2 Å². The van der Waals surface area contributed by atoms with Crippen molar-refractivity contribution in [3.05, 3.63) is 39.9 Å². The second kappa shape index (κ2) is 7.69. The van der Waals surface area contributed by atoms with E-state index >= 15 is 0 Å². The lowest BCUT2D eigenvalue weighted by atomic mass is 10.1. The van der Waals surface area contributed by atoms with Crippen molar-refractivity contribution in [2.75, 3.05) is 6.54 Å². The second-order valence-electron chi connectivity index (χ2n) is 6.12. The van der Waals surface area contributed by atoms with Crippen LogP contribution in [0, 0.1) is 6.92 Å². The summed E-state index contributed by atoms with van der Waals surface area (Å²) in [6.07, 6.45) is 5.49. The quantitative estimate of drug-likeness (QED) is 0.879. The number of hydrogen-bond acceptors (Lipinski definition) is 6. The zero-order valence-corrected chi connectivity index (χ0v) is 15.2. The van der Waals surface area contributed by atoms with Gasteiger partial charge in [-0.3, -0.25) is 19.6 Å². The Balaban J connectivity index is 1.71. The Hall–Kier alpha value is -2.35. The molecule has 7 nitrogen and oxygen atoms in total. The minimum absolute atomic E-state index is 0.0583. The smallest absolute Gasteiger partial charge is 0.229 e. The first-order valence-corrected chi connectivity index (χ1v) is 9.16. The number of nitrogens with one attached hydrogen (secondary N) is 1. The molecule has 1 saturated heterocycles. The molecule has 2 aromatic rings. The molecule has 8 heteroatoms. The summed E-state index contributed by atoms with van der Waals surface area (Å²) in [5.41, 5.74) is 2.30. The van der Waals surface area contributed by atoms with Crippen LogP contribution < -0.4 is 5.32 Å². The van der Waals surface area contributed by atoms with Gasteiger partial charge in [0.15, 0.2) is 0 Å². The maximum atomic E-state index is 12.7. The predicted molar refractivity (Wildman–Crippen MR) is 93.8 cm³/mol. The fourth-order valence-corrected chi connectivity index (χ4v) is 3.62. The van der Waals surface area contributed by atoms with Crippen LogP contribution in [0.1, 0.15) is 47.9 Å². The van der Waals surface area contributed by atoms with Crippen LogP contribution in [-0.4, -0.2) is 38.2 Å². The highest BCUT2D eigenvalue weighted by atomic mass is 32.1. The van der Waals surface area contributed by atoms with Crippen molar-refractivity contribution in [1.29, 1.82) is 0 Å². The molecule has 0 aliphatic carbocycles. The molecule has 1 aliphatic rings. The van der Waals surface area contributed by atoms with Crippen molar-refractivity contribution in [2.45, 2.75) is 45.7 Å². The first-order valence-electron chi connectivity index (χ1n) is 8.28. The predicted octanol–water partition coefficient (Wildman–Crippen LogP) is 1.78. The Morgan fingerprint density at radius 2 is 2.16 bits per heavy atom. The molecule has 0 bridgehead atoms. The third kappa shape index (κ3) is 4.39. The third-order valence-electron chi connectivity index (χ3n) is 4.13. The van der Waals surface area contributed by atoms with Gasteiger partial charge in [-0.2, -0.15) is 0 Å². The number of rotatable bonds is 5. The van der Waals surface area contributed by atoms with Crippen molar-refractivity contribution >= 4 is 23.2 Å². The molecule has 2 aromatic heterocycles. The average Bonchev–Trinajstić information content (AvgIpc) is 3.22. The van der Waals surface area contributed by atoms with Gasteiger partial charge in [0.1, 0.15) is 0 Å². The van der Waals surface area contributed by atoms with Gasteiger partial charge in [0, 0.05) is 18.8 Å². The SMILES string of the molecule is CC(=O)NCc1cncc([C@@H]2CCCN2C(=O)Cc2csc(C)n2)n1. The second-order valence-corrected chi connectivity index (χ2v) is 7.19. The van der Waals surface area contributed by atoms with Crippen LogP contribution >= 0.6 is 11.3 Å². The van der Waals surface area contributed by atoms with Crippen molar-refractivity contribution in [1.82, 2.24) is 25.2 Å². The number of aromatic nitrogens is 3. The van der Waals surface area contributed by atoms with Crippen LogP contribution in [-0.2, 0) is 22.6 Å². The van der Waals surface area contributed by atoms with E-state index in [0.717, 1.165) is 35.8 Å². The molecule has 0 aromatic carbocycles. The molecule has 1 aliphatic heterocycles. The minimum atomic E-state index is -0.108. The molecule has 2 amide bonds. The highest BCUT2D eigenvalue weighted by Crippen LogP contribution is 2.31. The number of aryl methyl sites for hydroxylation is 1. The molecule has 1 atom stereocenters. The van der Waals surface area contributed by atoms with Crippen LogP contribution in [0.3, 0.4) is 0 Å². The van der Waals surface area contributed by atoms with Gasteiger partial charge in [-0.05, 0) is 19.8 Å². The van der Waals surface area contributed by atoms with Crippen LogP contribution in [0.5, 0.6) is 0 Å². The molecule has 0 spiro atoms. The molecule has 3 rings (SSSR count). The highest BCUT2D eigenvalue weighted by Gasteiger charge is 2.31. The molecular weight excluding hydrogens is 338 g/mol. The molecular formula is C17H21N5O2S. The van der Waals surface area contributed by atoms with Gasteiger partial charge in [0.05, 0.1) is 53.5 Å². The summed E-state index contributed by atoms with van der Waals surface area (Å²) in [5.74, 6) is -0.0368. The van der Waals surface area contributed by atoms with Gasteiger partial charge >= 0.3 is 0 Å². The fraction of sp³-hybridized carbons (Fsp3) is 0.471. The zero-order valence-electron chi connectivity index (χ0n) is 14.4. The van der Waals surface area contributed by atoms with Crippen LogP contribution in [0.4, 0.5) is 0 Å². The summed E-state index contributed by atoms with van der Waals surface area (Å²) in [7, 11) is 0. The lowest BCUT2D eigenvalue weighted by Gasteiger charge is -2.24. The van der Waals surface area contributed by atoms with Gasteiger partial charge in [-0.15, -0.1) is 11.3 Å². The molecule has 1 fully saturated rings. The van der Waals surface area contributed by atoms with E-state index in [4.69, 9.17) is 0 Å². The van der Waals surface area contributed by atoms with Gasteiger partial charge in [0.25, 0.3) is 0 Å². The van der Waals surface area contributed by atoms with Crippen LogP contribution in [0.15, 0.2) is 17.8 Å². The largest absolute Gasteiger partial charge is 0.351 e. The van der Waals surface area contributed by atoms with E-state index in [-0.39, 0.29) is 17.9 Å². The fourth-order valence-electron chi connectivity index (χ4n) is 3.00. The van der Waals surface area contributed by atoms with Crippen LogP contribution in [0.2, 0.25) is 0 Å². The summed E-state index contributed by atoms with van der Waals surface area (Å²) in [5, 5.41) is 5.63. The maximum absolute atomic E-state index is 12.7.